The van der Waals surface area contributed by atoms with Gasteiger partial charge in [0.25, 0.3) is 0 Å². The molecule has 0 saturated heterocycles. The average molecular weight is 389 g/mol. The Balaban J connectivity index is 0. The van der Waals surface area contributed by atoms with Gasteiger partial charge in [-0.25, -0.2) is 0 Å². The van der Waals surface area contributed by atoms with Crippen LogP contribution in [-0.2, 0) is 14.2 Å². The first kappa shape index (κ1) is 29.1. The van der Waals surface area contributed by atoms with E-state index in [0.717, 1.165) is 25.9 Å². The van der Waals surface area contributed by atoms with Gasteiger partial charge < -0.3 is 14.2 Å². The first-order valence-corrected chi connectivity index (χ1v) is 11.9. The van der Waals surface area contributed by atoms with Crippen LogP contribution < -0.4 is 0 Å². The Morgan fingerprint density at radius 1 is 0.481 bits per heavy atom. The Morgan fingerprint density at radius 2 is 0.741 bits per heavy atom. The largest absolute Gasteiger partial charge is 0.379 e. The lowest BCUT2D eigenvalue weighted by Crippen LogP contribution is -2.14. The van der Waals surface area contributed by atoms with Gasteiger partial charge in [-0.15, -0.1) is 0 Å². The average Bonchev–Trinajstić information content (AvgIpc) is 3.20. The van der Waals surface area contributed by atoms with E-state index < -0.39 is 0 Å². The van der Waals surface area contributed by atoms with Gasteiger partial charge in [-0.05, 0) is 47.0 Å². The number of rotatable bonds is 9. The SMILES string of the molecule is C1CCC1.C1CCCC1.CCC(C)OCOC(C)CC.CCOC(C)CC. The highest BCUT2D eigenvalue weighted by Gasteiger charge is 2.00. The molecule has 3 unspecified atom stereocenters. The first-order valence-electron chi connectivity index (χ1n) is 11.9. The van der Waals surface area contributed by atoms with E-state index in [4.69, 9.17) is 14.2 Å². The number of hydrogen-bond donors (Lipinski definition) is 0. The summed E-state index contributed by atoms with van der Waals surface area (Å²) in [5.74, 6) is 0. The Bertz CT molecular complexity index is 228. The molecule has 2 aliphatic carbocycles. The van der Waals surface area contributed by atoms with Crippen molar-refractivity contribution in [2.75, 3.05) is 13.4 Å². The molecule has 166 valence electrons. The second-order valence-electron chi connectivity index (χ2n) is 7.75. The van der Waals surface area contributed by atoms with Crippen LogP contribution in [0.1, 0.15) is 126 Å². The Labute approximate surface area is 171 Å². The minimum atomic E-state index is 0.319. The summed E-state index contributed by atoms with van der Waals surface area (Å²) in [7, 11) is 0. The molecule has 0 aromatic heterocycles. The fraction of sp³-hybridized carbons (Fsp3) is 1.00. The van der Waals surface area contributed by atoms with Gasteiger partial charge in [0, 0.05) is 6.61 Å². The summed E-state index contributed by atoms with van der Waals surface area (Å²) < 4.78 is 15.9. The van der Waals surface area contributed by atoms with E-state index in [-0.39, 0.29) is 0 Å². The van der Waals surface area contributed by atoms with E-state index in [1.54, 1.807) is 0 Å². The summed E-state index contributed by atoms with van der Waals surface area (Å²) in [5.41, 5.74) is 0. The zero-order valence-corrected chi connectivity index (χ0v) is 19.9. The molecule has 2 saturated carbocycles. The van der Waals surface area contributed by atoms with Crippen LogP contribution in [0, 0.1) is 0 Å². The molecule has 0 spiro atoms. The van der Waals surface area contributed by atoms with Crippen molar-refractivity contribution >= 4 is 0 Å². The summed E-state index contributed by atoms with van der Waals surface area (Å²) in [6, 6.07) is 0. The molecule has 3 nitrogen and oxygen atoms in total. The number of ether oxygens (including phenoxy) is 3. The van der Waals surface area contributed by atoms with E-state index >= 15 is 0 Å². The van der Waals surface area contributed by atoms with Crippen molar-refractivity contribution in [1.82, 2.24) is 0 Å². The van der Waals surface area contributed by atoms with Crippen LogP contribution in [0.3, 0.4) is 0 Å². The minimum absolute atomic E-state index is 0.319. The van der Waals surface area contributed by atoms with Crippen molar-refractivity contribution in [1.29, 1.82) is 0 Å². The summed E-state index contributed by atoms with van der Waals surface area (Å²) in [5, 5.41) is 0. The number of hydrogen-bond acceptors (Lipinski definition) is 3. The molecule has 2 aliphatic rings. The summed E-state index contributed by atoms with van der Waals surface area (Å²) in [6.45, 7) is 15.8. The van der Waals surface area contributed by atoms with Gasteiger partial charge in [0.15, 0.2) is 0 Å². The van der Waals surface area contributed by atoms with Gasteiger partial charge in [-0.2, -0.15) is 0 Å². The molecule has 0 N–H and O–H groups in total. The molecule has 0 heterocycles. The van der Waals surface area contributed by atoms with Crippen LogP contribution in [-0.4, -0.2) is 31.7 Å². The fourth-order valence-electron chi connectivity index (χ4n) is 2.04. The van der Waals surface area contributed by atoms with Crippen molar-refractivity contribution in [2.24, 2.45) is 0 Å². The Kier molecular flexibility index (Phi) is 25.8. The van der Waals surface area contributed by atoms with Crippen molar-refractivity contribution in [3.63, 3.8) is 0 Å². The molecule has 0 aliphatic heterocycles. The molecule has 27 heavy (non-hydrogen) atoms. The normalized spacial score (nSPS) is 18.3. The van der Waals surface area contributed by atoms with Gasteiger partial charge >= 0.3 is 0 Å². The molecule has 0 aromatic rings. The third-order valence-corrected chi connectivity index (χ3v) is 5.13. The third kappa shape index (κ3) is 25.9. The second-order valence-corrected chi connectivity index (χ2v) is 7.75. The quantitative estimate of drug-likeness (QED) is 0.376. The maximum Gasteiger partial charge on any atom is 0.147 e. The lowest BCUT2D eigenvalue weighted by atomic mass is 10.0. The van der Waals surface area contributed by atoms with E-state index in [1.165, 1.54) is 57.8 Å². The smallest absolute Gasteiger partial charge is 0.147 e. The lowest BCUT2D eigenvalue weighted by Gasteiger charge is -2.14. The molecule has 0 amide bonds. The Morgan fingerprint density at radius 3 is 0.926 bits per heavy atom. The summed E-state index contributed by atoms with van der Waals surface area (Å²) in [4.78, 5) is 0. The van der Waals surface area contributed by atoms with Gasteiger partial charge in [0.1, 0.15) is 6.79 Å². The Hall–Kier alpha value is -0.120. The summed E-state index contributed by atoms with van der Waals surface area (Å²) >= 11 is 0. The lowest BCUT2D eigenvalue weighted by molar-refractivity contribution is -0.110. The van der Waals surface area contributed by atoms with E-state index in [2.05, 4.69) is 41.5 Å². The van der Waals surface area contributed by atoms with Gasteiger partial charge in [0.2, 0.25) is 0 Å². The van der Waals surface area contributed by atoms with Crippen LogP contribution in [0.4, 0.5) is 0 Å². The highest BCUT2D eigenvalue weighted by Crippen LogP contribution is 2.15. The first-order chi connectivity index (χ1) is 13.0. The van der Waals surface area contributed by atoms with E-state index in [9.17, 15) is 0 Å². The van der Waals surface area contributed by atoms with Crippen molar-refractivity contribution in [2.45, 2.75) is 144 Å². The highest BCUT2D eigenvalue weighted by atomic mass is 16.7. The van der Waals surface area contributed by atoms with Crippen molar-refractivity contribution < 1.29 is 14.2 Å². The van der Waals surface area contributed by atoms with Crippen molar-refractivity contribution in [3.8, 4) is 0 Å². The second kappa shape index (κ2) is 23.9. The van der Waals surface area contributed by atoms with Gasteiger partial charge in [0.05, 0.1) is 18.3 Å². The maximum absolute atomic E-state index is 5.34. The topological polar surface area (TPSA) is 27.7 Å². The fourth-order valence-corrected chi connectivity index (χ4v) is 2.04. The third-order valence-electron chi connectivity index (χ3n) is 5.13. The molecule has 2 fully saturated rings. The molecule has 0 aromatic carbocycles. The summed E-state index contributed by atoms with van der Waals surface area (Å²) in [6.07, 6.45) is 17.8. The van der Waals surface area contributed by atoms with Crippen LogP contribution in [0.15, 0.2) is 0 Å². The minimum Gasteiger partial charge on any atom is -0.379 e. The van der Waals surface area contributed by atoms with Crippen LogP contribution in [0.25, 0.3) is 0 Å². The van der Waals surface area contributed by atoms with Crippen LogP contribution in [0.2, 0.25) is 0 Å². The molecular formula is C24H52O3. The monoisotopic (exact) mass is 388 g/mol. The predicted octanol–water partition coefficient (Wildman–Crippen LogP) is 7.91. The van der Waals surface area contributed by atoms with Crippen LogP contribution in [0.5, 0.6) is 0 Å². The molecule has 0 bridgehead atoms. The standard InChI is InChI=1S/C9H20O2.C6H14O.C5H10.C4H8/c1-5-8(3)10-7-11-9(4)6-2;1-4-6(3)7-5-2;1-2-4-5-3-1;1-2-4-3-1/h8-9H,5-7H2,1-4H3;6H,4-5H2,1-3H3;1-5H2;1-4H2. The van der Waals surface area contributed by atoms with E-state index in [1.807, 2.05) is 6.92 Å². The van der Waals surface area contributed by atoms with Gasteiger partial charge in [-0.3, -0.25) is 0 Å². The van der Waals surface area contributed by atoms with Crippen molar-refractivity contribution in [3.05, 3.63) is 0 Å². The molecule has 2 rings (SSSR count). The highest BCUT2D eigenvalue weighted by molar-refractivity contribution is 4.51. The molecular weight excluding hydrogens is 336 g/mol. The maximum atomic E-state index is 5.34. The zero-order chi connectivity index (χ0) is 20.8. The van der Waals surface area contributed by atoms with E-state index in [0.29, 0.717) is 25.1 Å². The van der Waals surface area contributed by atoms with Gasteiger partial charge in [-0.1, -0.05) is 78.6 Å². The predicted molar refractivity (Wildman–Crippen MR) is 119 cm³/mol. The molecule has 0 radical (unpaired) electrons. The molecule has 3 atom stereocenters. The zero-order valence-electron chi connectivity index (χ0n) is 19.9. The molecule has 3 heteroatoms. The van der Waals surface area contributed by atoms with Crippen LogP contribution >= 0.6 is 0 Å².